The molecule has 4 aliphatic rings. The number of hydrogen-bond donors (Lipinski definition) is 0. The Morgan fingerprint density at radius 3 is 2.44 bits per heavy atom. The van der Waals surface area contributed by atoms with Crippen molar-refractivity contribution in [3.63, 3.8) is 0 Å². The van der Waals surface area contributed by atoms with Gasteiger partial charge in [-0.1, -0.05) is 71.4 Å². The third-order valence-electron chi connectivity index (χ3n) is 10.0. The van der Waals surface area contributed by atoms with Gasteiger partial charge in [0.25, 0.3) is 0 Å². The zero-order valence-electron chi connectivity index (χ0n) is 19.1. The summed E-state index contributed by atoms with van der Waals surface area (Å²) in [7, 11) is 0. The summed E-state index contributed by atoms with van der Waals surface area (Å²) in [5.74, 6) is 4.83. The van der Waals surface area contributed by atoms with Crippen LogP contribution in [0.3, 0.4) is 0 Å². The van der Waals surface area contributed by atoms with Crippen molar-refractivity contribution in [1.29, 1.82) is 0 Å². The first-order valence-electron chi connectivity index (χ1n) is 12.6. The monoisotopic (exact) mass is 370 g/mol. The Balaban J connectivity index is 1.52. The van der Waals surface area contributed by atoms with Crippen LogP contribution in [-0.4, -0.2) is 0 Å². The summed E-state index contributed by atoms with van der Waals surface area (Å²) in [4.78, 5) is 0. The molecule has 0 saturated heterocycles. The first kappa shape index (κ1) is 20.0. The van der Waals surface area contributed by atoms with Crippen LogP contribution in [0.4, 0.5) is 0 Å². The Morgan fingerprint density at radius 1 is 0.852 bits per heavy atom. The summed E-state index contributed by atoms with van der Waals surface area (Å²) in [5, 5.41) is 0. The lowest BCUT2D eigenvalue weighted by Crippen LogP contribution is -2.50. The highest BCUT2D eigenvalue weighted by Gasteiger charge is 2.56. The molecule has 0 amide bonds. The molecule has 0 aromatic rings. The topological polar surface area (TPSA) is 0 Å². The number of hydrogen-bond acceptors (Lipinski definition) is 0. The van der Waals surface area contributed by atoms with Gasteiger partial charge in [0, 0.05) is 0 Å². The van der Waals surface area contributed by atoms with E-state index in [2.05, 4.69) is 34.6 Å². The predicted octanol–water partition coefficient (Wildman–Crippen LogP) is 8.56. The molecule has 0 heteroatoms. The van der Waals surface area contributed by atoms with Gasteiger partial charge in [-0.15, -0.1) is 0 Å². The third-order valence-corrected chi connectivity index (χ3v) is 10.0. The van der Waals surface area contributed by atoms with E-state index in [0.717, 1.165) is 29.6 Å². The van der Waals surface area contributed by atoms with Crippen LogP contribution in [0.15, 0.2) is 11.1 Å². The second-order valence-corrected chi connectivity index (χ2v) is 12.0. The summed E-state index contributed by atoms with van der Waals surface area (Å²) in [6.45, 7) is 12.7. The van der Waals surface area contributed by atoms with Crippen LogP contribution in [0.5, 0.6) is 0 Å². The van der Waals surface area contributed by atoms with Crippen LogP contribution in [-0.2, 0) is 0 Å². The van der Waals surface area contributed by atoms with E-state index >= 15 is 0 Å². The van der Waals surface area contributed by atoms with Gasteiger partial charge in [-0.2, -0.15) is 0 Å². The largest absolute Gasteiger partial charge is 0.0676 e. The maximum atomic E-state index is 2.71. The summed E-state index contributed by atoms with van der Waals surface area (Å²) in [6.07, 6.45) is 19.3. The number of allylic oxidation sites excluding steroid dienone is 2. The molecule has 0 aliphatic heterocycles. The summed E-state index contributed by atoms with van der Waals surface area (Å²) < 4.78 is 0. The lowest BCUT2D eigenvalue weighted by Gasteiger charge is -2.59. The fraction of sp³-hybridized carbons (Fsp3) is 0.926. The van der Waals surface area contributed by atoms with Crippen molar-refractivity contribution in [2.45, 2.75) is 118 Å². The van der Waals surface area contributed by atoms with E-state index in [1.54, 1.807) is 6.42 Å². The normalized spacial score (nSPS) is 42.7. The van der Waals surface area contributed by atoms with Crippen LogP contribution < -0.4 is 0 Å². The zero-order valence-corrected chi connectivity index (χ0v) is 19.1. The average molecular weight is 371 g/mol. The molecular weight excluding hydrogens is 324 g/mol. The first-order chi connectivity index (χ1) is 12.8. The van der Waals surface area contributed by atoms with Crippen molar-refractivity contribution in [1.82, 2.24) is 0 Å². The molecular formula is C27H46. The maximum absolute atomic E-state index is 2.71. The van der Waals surface area contributed by atoms with Crippen molar-refractivity contribution in [2.75, 3.05) is 0 Å². The molecule has 0 nitrogen and oxygen atoms in total. The molecule has 0 aromatic heterocycles. The van der Waals surface area contributed by atoms with E-state index < -0.39 is 0 Å². The second kappa shape index (κ2) is 7.53. The predicted molar refractivity (Wildman–Crippen MR) is 118 cm³/mol. The van der Waals surface area contributed by atoms with E-state index in [9.17, 15) is 0 Å². The van der Waals surface area contributed by atoms with Crippen molar-refractivity contribution >= 4 is 0 Å². The molecule has 0 spiro atoms. The molecule has 4 aliphatic carbocycles. The van der Waals surface area contributed by atoms with Crippen molar-refractivity contribution < 1.29 is 0 Å². The van der Waals surface area contributed by atoms with Crippen LogP contribution in [0.25, 0.3) is 0 Å². The molecule has 0 N–H and O–H groups in total. The molecule has 3 saturated carbocycles. The minimum Gasteiger partial charge on any atom is -0.0676 e. The second-order valence-electron chi connectivity index (χ2n) is 12.0. The van der Waals surface area contributed by atoms with Gasteiger partial charge in [0.15, 0.2) is 0 Å². The lowest BCUT2D eigenvalue weighted by molar-refractivity contribution is -0.0674. The van der Waals surface area contributed by atoms with Gasteiger partial charge in [0.1, 0.15) is 0 Å². The van der Waals surface area contributed by atoms with Gasteiger partial charge >= 0.3 is 0 Å². The molecule has 4 rings (SSSR count). The van der Waals surface area contributed by atoms with Crippen LogP contribution in [0.2, 0.25) is 0 Å². The standard InChI is InChI=1S/C27H46/c1-19(2)9-8-10-20(3)21-14-18-27(5)24(21)13-12-22-23-11-6-7-16-26(23,4)17-15-25(22)27/h19-20,22-23,25H,6-18H2,1-5H3/t20-,22-,23+,25-,26+,27+/m1/s1. The number of fused-ring (bicyclic) bond motifs is 5. The van der Waals surface area contributed by atoms with E-state index in [1.807, 2.05) is 11.1 Å². The first-order valence-corrected chi connectivity index (χ1v) is 12.6. The smallest absolute Gasteiger partial charge is 0.00796 e. The van der Waals surface area contributed by atoms with Gasteiger partial charge < -0.3 is 0 Å². The summed E-state index contributed by atoms with van der Waals surface area (Å²) in [5.41, 5.74) is 5.17. The van der Waals surface area contributed by atoms with Gasteiger partial charge in [-0.05, 0) is 98.2 Å². The van der Waals surface area contributed by atoms with Crippen LogP contribution in [0, 0.1) is 40.4 Å². The molecule has 0 unspecified atom stereocenters. The fourth-order valence-corrected chi connectivity index (χ4v) is 8.42. The molecule has 0 heterocycles. The molecule has 0 aromatic carbocycles. The van der Waals surface area contributed by atoms with Crippen molar-refractivity contribution in [3.05, 3.63) is 11.1 Å². The average Bonchev–Trinajstić information content (AvgIpc) is 2.98. The Labute approximate surface area is 170 Å². The highest BCUT2D eigenvalue weighted by Crippen LogP contribution is 2.66. The van der Waals surface area contributed by atoms with Crippen molar-refractivity contribution in [3.8, 4) is 0 Å². The Morgan fingerprint density at radius 2 is 1.67 bits per heavy atom. The SMILES string of the molecule is CC(C)CCC[C@@H](C)C1=C2CC[C@H]3[C@@H](CC[C@]4(C)CCCC[C@@H]34)[C@@]2(C)CC1. The Hall–Kier alpha value is -0.260. The summed E-state index contributed by atoms with van der Waals surface area (Å²) >= 11 is 0. The highest BCUT2D eigenvalue weighted by molar-refractivity contribution is 5.33. The molecule has 3 fully saturated rings. The molecule has 6 atom stereocenters. The molecule has 0 radical (unpaired) electrons. The number of rotatable bonds is 5. The minimum absolute atomic E-state index is 0.573. The van der Waals surface area contributed by atoms with E-state index in [0.29, 0.717) is 10.8 Å². The molecule has 27 heavy (non-hydrogen) atoms. The Bertz CT molecular complexity index is 569. The van der Waals surface area contributed by atoms with Crippen LogP contribution in [0.1, 0.15) is 118 Å². The third kappa shape index (κ3) is 3.46. The lowest BCUT2D eigenvalue weighted by atomic mass is 9.46. The minimum atomic E-state index is 0.573. The quantitative estimate of drug-likeness (QED) is 0.425. The highest BCUT2D eigenvalue weighted by atomic mass is 14.6. The summed E-state index contributed by atoms with van der Waals surface area (Å²) in [6, 6.07) is 0. The van der Waals surface area contributed by atoms with E-state index in [1.165, 1.54) is 77.0 Å². The van der Waals surface area contributed by atoms with Gasteiger partial charge in [-0.25, -0.2) is 0 Å². The van der Waals surface area contributed by atoms with Crippen molar-refractivity contribution in [2.24, 2.45) is 40.4 Å². The van der Waals surface area contributed by atoms with E-state index in [-0.39, 0.29) is 0 Å². The molecule has 154 valence electrons. The zero-order chi connectivity index (χ0) is 19.2. The van der Waals surface area contributed by atoms with E-state index in [4.69, 9.17) is 0 Å². The fourth-order valence-electron chi connectivity index (χ4n) is 8.42. The van der Waals surface area contributed by atoms with Gasteiger partial charge in [0.05, 0.1) is 0 Å². The van der Waals surface area contributed by atoms with Gasteiger partial charge in [0.2, 0.25) is 0 Å². The van der Waals surface area contributed by atoms with Gasteiger partial charge in [-0.3, -0.25) is 0 Å². The Kier molecular flexibility index (Phi) is 5.59. The maximum Gasteiger partial charge on any atom is -0.00796 e. The molecule has 0 bridgehead atoms. The van der Waals surface area contributed by atoms with Crippen LogP contribution >= 0.6 is 0 Å².